The summed E-state index contributed by atoms with van der Waals surface area (Å²) in [5, 5.41) is 2.57. The standard InChI is InChI=1S/C19H11NO4/c21-18(23-13-5-3-9-20-11-13)16-10-15-14-6-2-1-4-12(14)7-8-17(15)24-19(16)22/h1-11H. The number of aromatic nitrogens is 1. The minimum Gasteiger partial charge on any atom is -0.422 e. The molecule has 2 aromatic carbocycles. The van der Waals surface area contributed by atoms with Crippen molar-refractivity contribution >= 4 is 27.7 Å². The van der Waals surface area contributed by atoms with Crippen LogP contribution in [0.2, 0.25) is 0 Å². The molecule has 0 spiro atoms. The highest BCUT2D eigenvalue weighted by atomic mass is 16.5. The summed E-state index contributed by atoms with van der Waals surface area (Å²) in [4.78, 5) is 28.3. The maximum absolute atomic E-state index is 12.3. The zero-order chi connectivity index (χ0) is 16.5. The maximum Gasteiger partial charge on any atom is 0.351 e. The van der Waals surface area contributed by atoms with Crippen molar-refractivity contribution in [3.63, 3.8) is 0 Å². The molecule has 4 aromatic rings. The molecule has 0 radical (unpaired) electrons. The van der Waals surface area contributed by atoms with Crippen LogP contribution in [0.5, 0.6) is 5.75 Å². The second-order valence-electron chi connectivity index (χ2n) is 5.22. The fourth-order valence-corrected chi connectivity index (χ4v) is 2.58. The lowest BCUT2D eigenvalue weighted by atomic mass is 10.0. The summed E-state index contributed by atoms with van der Waals surface area (Å²) >= 11 is 0. The van der Waals surface area contributed by atoms with Crippen LogP contribution in [-0.2, 0) is 0 Å². The van der Waals surface area contributed by atoms with Gasteiger partial charge in [-0.25, -0.2) is 9.59 Å². The van der Waals surface area contributed by atoms with E-state index in [1.807, 2.05) is 30.3 Å². The molecular weight excluding hydrogens is 306 g/mol. The first-order valence-corrected chi connectivity index (χ1v) is 7.30. The first-order chi connectivity index (χ1) is 11.7. The summed E-state index contributed by atoms with van der Waals surface area (Å²) < 4.78 is 10.5. The minimum absolute atomic E-state index is 0.150. The number of fused-ring (bicyclic) bond motifs is 3. The number of benzene rings is 2. The van der Waals surface area contributed by atoms with Crippen LogP contribution < -0.4 is 10.4 Å². The summed E-state index contributed by atoms with van der Waals surface area (Å²) in [5.74, 6) is -0.508. The first-order valence-electron chi connectivity index (χ1n) is 7.30. The minimum atomic E-state index is -0.772. The number of esters is 1. The molecule has 116 valence electrons. The third kappa shape index (κ3) is 2.42. The van der Waals surface area contributed by atoms with Crippen LogP contribution in [0.4, 0.5) is 0 Å². The third-order valence-electron chi connectivity index (χ3n) is 3.71. The summed E-state index contributed by atoms with van der Waals surface area (Å²) in [6, 6.07) is 16.0. The van der Waals surface area contributed by atoms with Gasteiger partial charge in [0, 0.05) is 11.6 Å². The van der Waals surface area contributed by atoms with Crippen molar-refractivity contribution in [1.29, 1.82) is 0 Å². The number of rotatable bonds is 2. The molecule has 0 bridgehead atoms. The van der Waals surface area contributed by atoms with Crippen LogP contribution in [0.15, 0.2) is 76.2 Å². The Morgan fingerprint density at radius 3 is 2.71 bits per heavy atom. The molecule has 0 aliphatic heterocycles. The van der Waals surface area contributed by atoms with Crippen LogP contribution in [-0.4, -0.2) is 11.0 Å². The molecule has 2 aromatic heterocycles. The zero-order valence-corrected chi connectivity index (χ0v) is 12.4. The summed E-state index contributed by atoms with van der Waals surface area (Å²) in [7, 11) is 0. The van der Waals surface area contributed by atoms with E-state index in [2.05, 4.69) is 4.98 Å². The second-order valence-corrected chi connectivity index (χ2v) is 5.22. The number of nitrogens with zero attached hydrogens (tertiary/aromatic N) is 1. The molecule has 0 unspecified atom stereocenters. The Labute approximate surface area is 136 Å². The van der Waals surface area contributed by atoms with Gasteiger partial charge in [0.2, 0.25) is 0 Å². The SMILES string of the molecule is O=C(Oc1cccnc1)c1cc2c(ccc3ccccc32)oc1=O. The van der Waals surface area contributed by atoms with E-state index in [4.69, 9.17) is 9.15 Å². The summed E-state index contributed by atoms with van der Waals surface area (Å²) in [6.07, 6.45) is 2.96. The Balaban J connectivity index is 1.86. The van der Waals surface area contributed by atoms with Crippen LogP contribution in [0.25, 0.3) is 21.7 Å². The van der Waals surface area contributed by atoms with E-state index in [0.29, 0.717) is 11.0 Å². The Morgan fingerprint density at radius 2 is 1.88 bits per heavy atom. The Kier molecular flexibility index (Phi) is 3.31. The van der Waals surface area contributed by atoms with E-state index in [-0.39, 0.29) is 11.3 Å². The zero-order valence-electron chi connectivity index (χ0n) is 12.4. The van der Waals surface area contributed by atoms with Crippen molar-refractivity contribution in [2.75, 3.05) is 0 Å². The van der Waals surface area contributed by atoms with Gasteiger partial charge < -0.3 is 9.15 Å². The molecule has 0 amide bonds. The molecule has 0 saturated heterocycles. The molecule has 5 heteroatoms. The third-order valence-corrected chi connectivity index (χ3v) is 3.71. The van der Waals surface area contributed by atoms with Gasteiger partial charge in [0.1, 0.15) is 16.9 Å². The molecule has 0 aliphatic rings. The molecule has 5 nitrogen and oxygen atoms in total. The van der Waals surface area contributed by atoms with Gasteiger partial charge >= 0.3 is 11.6 Å². The Hall–Kier alpha value is -3.47. The number of hydrogen-bond acceptors (Lipinski definition) is 5. The monoisotopic (exact) mass is 317 g/mol. The van der Waals surface area contributed by atoms with E-state index in [0.717, 1.165) is 10.8 Å². The quantitative estimate of drug-likeness (QED) is 0.321. The van der Waals surface area contributed by atoms with Crippen LogP contribution in [0.3, 0.4) is 0 Å². The molecule has 0 fully saturated rings. The lowest BCUT2D eigenvalue weighted by molar-refractivity contribution is 0.0730. The van der Waals surface area contributed by atoms with E-state index in [1.54, 1.807) is 24.4 Å². The fourth-order valence-electron chi connectivity index (χ4n) is 2.58. The highest BCUT2D eigenvalue weighted by Gasteiger charge is 2.17. The van der Waals surface area contributed by atoms with Gasteiger partial charge in [-0.1, -0.05) is 30.3 Å². The van der Waals surface area contributed by atoms with E-state index in [9.17, 15) is 9.59 Å². The first kappa shape index (κ1) is 14.1. The summed E-state index contributed by atoms with van der Waals surface area (Å²) in [6.45, 7) is 0. The lowest BCUT2D eigenvalue weighted by Gasteiger charge is -2.06. The van der Waals surface area contributed by atoms with Crippen molar-refractivity contribution in [2.24, 2.45) is 0 Å². The van der Waals surface area contributed by atoms with Crippen LogP contribution >= 0.6 is 0 Å². The van der Waals surface area contributed by atoms with Gasteiger partial charge in [0.15, 0.2) is 0 Å². The predicted molar refractivity (Wildman–Crippen MR) is 89.2 cm³/mol. The van der Waals surface area contributed by atoms with Gasteiger partial charge in [-0.3, -0.25) is 4.98 Å². The molecule has 4 rings (SSSR count). The smallest absolute Gasteiger partial charge is 0.351 e. The molecular formula is C19H11NO4. The molecule has 0 atom stereocenters. The lowest BCUT2D eigenvalue weighted by Crippen LogP contribution is -2.18. The van der Waals surface area contributed by atoms with Crippen molar-refractivity contribution in [2.45, 2.75) is 0 Å². The maximum atomic E-state index is 12.3. The van der Waals surface area contributed by atoms with E-state index >= 15 is 0 Å². The highest BCUT2D eigenvalue weighted by molar-refractivity contribution is 6.07. The van der Waals surface area contributed by atoms with Crippen molar-refractivity contribution in [3.05, 3.63) is 83.0 Å². The number of carbonyl (C=O) groups excluding carboxylic acids is 1. The van der Waals surface area contributed by atoms with E-state index in [1.165, 1.54) is 12.3 Å². The molecule has 0 saturated carbocycles. The van der Waals surface area contributed by atoms with Crippen molar-refractivity contribution in [3.8, 4) is 5.75 Å². The van der Waals surface area contributed by atoms with Crippen molar-refractivity contribution < 1.29 is 13.9 Å². The average Bonchev–Trinajstić information content (AvgIpc) is 2.61. The number of pyridine rings is 1. The number of ether oxygens (including phenoxy) is 1. The number of carbonyl (C=O) groups is 1. The van der Waals surface area contributed by atoms with Crippen molar-refractivity contribution in [1.82, 2.24) is 4.98 Å². The topological polar surface area (TPSA) is 69.4 Å². The largest absolute Gasteiger partial charge is 0.422 e. The highest BCUT2D eigenvalue weighted by Crippen LogP contribution is 2.25. The van der Waals surface area contributed by atoms with Crippen LogP contribution in [0.1, 0.15) is 10.4 Å². The number of hydrogen-bond donors (Lipinski definition) is 0. The normalized spacial score (nSPS) is 10.8. The fraction of sp³-hybridized carbons (Fsp3) is 0. The predicted octanol–water partition coefficient (Wildman–Crippen LogP) is 3.56. The van der Waals surface area contributed by atoms with Gasteiger partial charge in [0.25, 0.3) is 0 Å². The Bertz CT molecular complexity index is 1120. The second kappa shape index (κ2) is 5.62. The molecule has 24 heavy (non-hydrogen) atoms. The van der Waals surface area contributed by atoms with Gasteiger partial charge in [0.05, 0.1) is 6.20 Å². The van der Waals surface area contributed by atoms with Gasteiger partial charge in [-0.2, -0.15) is 0 Å². The Morgan fingerprint density at radius 1 is 1.00 bits per heavy atom. The van der Waals surface area contributed by atoms with Crippen LogP contribution in [0, 0.1) is 0 Å². The average molecular weight is 317 g/mol. The molecule has 2 heterocycles. The molecule has 0 N–H and O–H groups in total. The van der Waals surface area contributed by atoms with Gasteiger partial charge in [-0.15, -0.1) is 0 Å². The summed E-state index contributed by atoms with van der Waals surface area (Å²) in [5.41, 5.74) is -0.453. The van der Waals surface area contributed by atoms with Gasteiger partial charge in [-0.05, 0) is 35.0 Å². The van der Waals surface area contributed by atoms with E-state index < -0.39 is 11.6 Å². The molecule has 0 aliphatic carbocycles.